The van der Waals surface area contributed by atoms with Gasteiger partial charge in [-0.2, -0.15) is 0 Å². The van der Waals surface area contributed by atoms with Gasteiger partial charge in [0.15, 0.2) is 11.5 Å². The number of ether oxygens (including phenoxy) is 2. The molecule has 0 saturated carbocycles. The van der Waals surface area contributed by atoms with Crippen LogP contribution in [-0.2, 0) is 0 Å². The molecule has 8 heteroatoms. The van der Waals surface area contributed by atoms with Gasteiger partial charge in [-0.3, -0.25) is 4.79 Å². The van der Waals surface area contributed by atoms with Crippen molar-refractivity contribution in [2.75, 3.05) is 19.5 Å². The van der Waals surface area contributed by atoms with E-state index in [2.05, 4.69) is 10.5 Å². The van der Waals surface area contributed by atoms with Crippen molar-refractivity contribution in [1.82, 2.24) is 5.16 Å². The van der Waals surface area contributed by atoms with Gasteiger partial charge in [0.05, 0.1) is 29.8 Å². The maximum Gasteiger partial charge on any atom is 0.277 e. The number of thiophene rings is 1. The van der Waals surface area contributed by atoms with Crippen molar-refractivity contribution in [2.45, 2.75) is 0 Å². The van der Waals surface area contributed by atoms with Crippen molar-refractivity contribution >= 4 is 34.5 Å². The molecule has 0 aliphatic rings. The van der Waals surface area contributed by atoms with E-state index in [1.807, 2.05) is 17.5 Å². The van der Waals surface area contributed by atoms with Gasteiger partial charge < -0.3 is 19.3 Å². The molecule has 0 saturated heterocycles. The fourth-order valence-corrected chi connectivity index (χ4v) is 2.97. The predicted molar refractivity (Wildman–Crippen MR) is 92.3 cm³/mol. The highest BCUT2D eigenvalue weighted by molar-refractivity contribution is 7.13. The Bertz CT molecular complexity index is 861. The van der Waals surface area contributed by atoms with Crippen LogP contribution >= 0.6 is 22.9 Å². The molecule has 0 bridgehead atoms. The number of nitrogens with one attached hydrogen (secondary N) is 1. The first kappa shape index (κ1) is 16.4. The van der Waals surface area contributed by atoms with Gasteiger partial charge in [0.25, 0.3) is 5.91 Å². The normalized spacial score (nSPS) is 10.5. The summed E-state index contributed by atoms with van der Waals surface area (Å²) in [5.41, 5.74) is 0.582. The Morgan fingerprint density at radius 2 is 2.04 bits per heavy atom. The standard InChI is InChI=1S/C16H13ClN2O4S/c1-21-12-7-10(13(22-2)6-9(12)17)18-16(20)11-8-14(23-19-11)15-4-3-5-24-15/h3-8H,1-2H3,(H,18,20). The summed E-state index contributed by atoms with van der Waals surface area (Å²) >= 11 is 7.55. The average Bonchev–Trinajstić information content (AvgIpc) is 3.26. The highest BCUT2D eigenvalue weighted by Gasteiger charge is 2.17. The molecule has 1 amide bonds. The van der Waals surface area contributed by atoms with Gasteiger partial charge in [-0.05, 0) is 11.4 Å². The molecular formula is C16H13ClN2O4S. The lowest BCUT2D eigenvalue weighted by Crippen LogP contribution is -2.13. The SMILES string of the molecule is COc1cc(NC(=O)c2cc(-c3cccs3)on2)c(OC)cc1Cl. The Morgan fingerprint density at radius 3 is 2.71 bits per heavy atom. The average molecular weight is 365 g/mol. The molecule has 0 spiro atoms. The lowest BCUT2D eigenvalue weighted by molar-refractivity contribution is 0.101. The molecule has 0 fully saturated rings. The number of methoxy groups -OCH3 is 2. The van der Waals surface area contributed by atoms with Crippen LogP contribution < -0.4 is 14.8 Å². The van der Waals surface area contributed by atoms with Crippen molar-refractivity contribution < 1.29 is 18.8 Å². The number of carbonyl (C=O) groups excluding carboxylic acids is 1. The summed E-state index contributed by atoms with van der Waals surface area (Å²) in [7, 11) is 2.98. The number of hydrogen-bond acceptors (Lipinski definition) is 6. The molecule has 1 N–H and O–H groups in total. The summed E-state index contributed by atoms with van der Waals surface area (Å²) in [5, 5.41) is 8.82. The van der Waals surface area contributed by atoms with Crippen molar-refractivity contribution in [3.63, 3.8) is 0 Å². The quantitative estimate of drug-likeness (QED) is 0.729. The van der Waals surface area contributed by atoms with Gasteiger partial charge in [-0.1, -0.05) is 22.8 Å². The van der Waals surface area contributed by atoms with Crippen molar-refractivity contribution in [3.8, 4) is 22.1 Å². The zero-order valence-corrected chi connectivity index (χ0v) is 14.4. The third-order valence-corrected chi connectivity index (χ3v) is 4.41. The number of carbonyl (C=O) groups is 1. The Kier molecular flexibility index (Phi) is 4.73. The third-order valence-electron chi connectivity index (χ3n) is 3.23. The predicted octanol–water partition coefficient (Wildman–Crippen LogP) is 4.33. The van der Waals surface area contributed by atoms with Crippen molar-refractivity contribution in [2.24, 2.45) is 0 Å². The van der Waals surface area contributed by atoms with Crippen molar-refractivity contribution in [1.29, 1.82) is 0 Å². The minimum Gasteiger partial charge on any atom is -0.495 e. The monoisotopic (exact) mass is 364 g/mol. The lowest BCUT2D eigenvalue weighted by Gasteiger charge is -2.12. The molecule has 1 aromatic carbocycles. The zero-order valence-electron chi connectivity index (χ0n) is 12.8. The molecule has 6 nitrogen and oxygen atoms in total. The molecule has 3 rings (SSSR count). The number of halogens is 1. The van der Waals surface area contributed by atoms with Gasteiger partial charge in [0, 0.05) is 18.2 Å². The van der Waals surface area contributed by atoms with E-state index in [-0.39, 0.29) is 5.69 Å². The molecule has 3 aromatic rings. The van der Waals surface area contributed by atoms with E-state index in [1.54, 1.807) is 18.2 Å². The number of aromatic nitrogens is 1. The summed E-state index contributed by atoms with van der Waals surface area (Å²) in [4.78, 5) is 13.3. The van der Waals surface area contributed by atoms with Crippen LogP contribution in [0.5, 0.6) is 11.5 Å². The van der Waals surface area contributed by atoms with Gasteiger partial charge in [0.1, 0.15) is 11.5 Å². The van der Waals surface area contributed by atoms with E-state index in [0.29, 0.717) is 28.0 Å². The molecule has 0 aliphatic carbocycles. The van der Waals surface area contributed by atoms with Crippen LogP contribution in [0.2, 0.25) is 5.02 Å². The summed E-state index contributed by atoms with van der Waals surface area (Å²) in [5.74, 6) is 0.948. The van der Waals surface area contributed by atoms with Crippen LogP contribution in [0.3, 0.4) is 0 Å². The minimum absolute atomic E-state index is 0.161. The highest BCUT2D eigenvalue weighted by Crippen LogP contribution is 2.36. The zero-order chi connectivity index (χ0) is 17.1. The molecule has 2 aromatic heterocycles. The number of anilines is 1. The molecule has 24 heavy (non-hydrogen) atoms. The van der Waals surface area contributed by atoms with Crippen LogP contribution in [0.15, 0.2) is 40.2 Å². The largest absolute Gasteiger partial charge is 0.495 e. The van der Waals surface area contributed by atoms with E-state index >= 15 is 0 Å². The van der Waals surface area contributed by atoms with E-state index in [1.165, 1.54) is 25.6 Å². The fraction of sp³-hybridized carbons (Fsp3) is 0.125. The van der Waals surface area contributed by atoms with Gasteiger partial charge >= 0.3 is 0 Å². The Hall–Kier alpha value is -2.51. The highest BCUT2D eigenvalue weighted by atomic mass is 35.5. The lowest BCUT2D eigenvalue weighted by atomic mass is 10.2. The van der Waals surface area contributed by atoms with Gasteiger partial charge in [-0.25, -0.2) is 0 Å². The smallest absolute Gasteiger partial charge is 0.277 e. The maximum absolute atomic E-state index is 12.4. The number of hydrogen-bond donors (Lipinski definition) is 1. The Labute approximate surface area is 146 Å². The van der Waals surface area contributed by atoms with E-state index < -0.39 is 5.91 Å². The molecule has 0 unspecified atom stereocenters. The maximum atomic E-state index is 12.4. The van der Waals surface area contributed by atoms with E-state index in [0.717, 1.165) is 4.88 Å². The minimum atomic E-state index is -0.427. The fourth-order valence-electron chi connectivity index (χ4n) is 2.06. The van der Waals surface area contributed by atoms with E-state index in [9.17, 15) is 4.79 Å². The van der Waals surface area contributed by atoms with Crippen LogP contribution in [-0.4, -0.2) is 25.3 Å². The third kappa shape index (κ3) is 3.22. The number of benzene rings is 1. The van der Waals surface area contributed by atoms with E-state index in [4.69, 9.17) is 25.6 Å². The van der Waals surface area contributed by atoms with Gasteiger partial charge in [0.2, 0.25) is 0 Å². The Balaban J connectivity index is 1.85. The molecule has 2 heterocycles. The molecule has 0 atom stereocenters. The second-order valence-corrected chi connectivity index (χ2v) is 6.05. The molecule has 124 valence electrons. The summed E-state index contributed by atoms with van der Waals surface area (Å²) < 4.78 is 15.6. The summed E-state index contributed by atoms with van der Waals surface area (Å²) in [6.45, 7) is 0. The van der Waals surface area contributed by atoms with Crippen LogP contribution in [0.4, 0.5) is 5.69 Å². The van der Waals surface area contributed by atoms with Crippen LogP contribution in [0.1, 0.15) is 10.5 Å². The summed E-state index contributed by atoms with van der Waals surface area (Å²) in [6.07, 6.45) is 0. The number of rotatable bonds is 5. The van der Waals surface area contributed by atoms with Crippen molar-refractivity contribution in [3.05, 3.63) is 46.4 Å². The molecule has 0 aliphatic heterocycles. The summed E-state index contributed by atoms with van der Waals surface area (Å²) in [6, 6.07) is 8.52. The molecular weight excluding hydrogens is 352 g/mol. The Morgan fingerprint density at radius 1 is 1.25 bits per heavy atom. The second kappa shape index (κ2) is 6.94. The first-order chi connectivity index (χ1) is 11.6. The first-order valence-electron chi connectivity index (χ1n) is 6.86. The number of nitrogens with zero attached hydrogens (tertiary/aromatic N) is 1. The van der Waals surface area contributed by atoms with Gasteiger partial charge in [-0.15, -0.1) is 11.3 Å². The van der Waals surface area contributed by atoms with Crippen LogP contribution in [0.25, 0.3) is 10.6 Å². The molecule has 0 radical (unpaired) electrons. The second-order valence-electron chi connectivity index (χ2n) is 4.69. The number of amides is 1. The first-order valence-corrected chi connectivity index (χ1v) is 8.11. The topological polar surface area (TPSA) is 73.6 Å². The van der Waals surface area contributed by atoms with Crippen LogP contribution in [0, 0.1) is 0 Å².